The molecule has 0 saturated carbocycles. The molecule has 2 unspecified atom stereocenters. The predicted molar refractivity (Wildman–Crippen MR) is 91.7 cm³/mol. The Balaban J connectivity index is 2.21. The number of hydrogen-bond acceptors (Lipinski definition) is 3. The molecule has 3 nitrogen and oxygen atoms in total. The van der Waals surface area contributed by atoms with Gasteiger partial charge < -0.3 is 10.5 Å². The van der Waals surface area contributed by atoms with E-state index in [1.807, 2.05) is 12.1 Å². The van der Waals surface area contributed by atoms with Gasteiger partial charge in [-0.2, -0.15) is 0 Å². The summed E-state index contributed by atoms with van der Waals surface area (Å²) in [4.78, 5) is 2.54. The summed E-state index contributed by atoms with van der Waals surface area (Å²) < 4.78 is 6.63. The van der Waals surface area contributed by atoms with Crippen LogP contribution in [0.4, 0.5) is 0 Å². The molecule has 0 spiro atoms. The van der Waals surface area contributed by atoms with Crippen molar-refractivity contribution in [2.24, 2.45) is 11.7 Å². The lowest BCUT2D eigenvalue weighted by Crippen LogP contribution is -2.35. The van der Waals surface area contributed by atoms with Gasteiger partial charge in [-0.05, 0) is 56.5 Å². The average Bonchev–Trinajstić information content (AvgIpc) is 2.74. The third-order valence-electron chi connectivity index (χ3n) is 4.67. The topological polar surface area (TPSA) is 38.5 Å². The normalized spacial score (nSPS) is 21.8. The number of nitrogens with two attached hydrogens (primary N) is 1. The molecule has 1 aromatic rings. The number of rotatable bonds is 5. The first kappa shape index (κ1) is 16.8. The van der Waals surface area contributed by atoms with Gasteiger partial charge >= 0.3 is 0 Å². The number of halogens is 1. The molecule has 1 fully saturated rings. The van der Waals surface area contributed by atoms with Crippen LogP contribution in [0.3, 0.4) is 0 Å². The highest BCUT2D eigenvalue weighted by molar-refractivity contribution is 9.10. The molecule has 1 aliphatic heterocycles. The van der Waals surface area contributed by atoms with E-state index in [4.69, 9.17) is 10.5 Å². The molecule has 2 atom stereocenters. The van der Waals surface area contributed by atoms with E-state index in [2.05, 4.69) is 33.8 Å². The molecule has 4 heteroatoms. The fourth-order valence-corrected chi connectivity index (χ4v) is 3.72. The summed E-state index contributed by atoms with van der Waals surface area (Å²) in [6, 6.07) is 6.44. The van der Waals surface area contributed by atoms with Gasteiger partial charge in [-0.25, -0.2) is 0 Å². The number of hydrogen-bond donors (Lipinski definition) is 1. The second kappa shape index (κ2) is 8.16. The van der Waals surface area contributed by atoms with Gasteiger partial charge in [0.2, 0.25) is 0 Å². The van der Waals surface area contributed by atoms with Crippen molar-refractivity contribution in [1.29, 1.82) is 0 Å². The maximum atomic E-state index is 6.11. The molecule has 0 aromatic heterocycles. The van der Waals surface area contributed by atoms with E-state index < -0.39 is 0 Å². The van der Waals surface area contributed by atoms with Gasteiger partial charge in [-0.1, -0.05) is 29.3 Å². The van der Waals surface area contributed by atoms with Crippen LogP contribution in [0.2, 0.25) is 0 Å². The molecule has 21 heavy (non-hydrogen) atoms. The van der Waals surface area contributed by atoms with E-state index in [1.54, 1.807) is 7.11 Å². The second-order valence-corrected chi connectivity index (χ2v) is 6.79. The predicted octanol–water partition coefficient (Wildman–Crippen LogP) is 3.97. The first-order chi connectivity index (χ1) is 10.2. The summed E-state index contributed by atoms with van der Waals surface area (Å²) in [7, 11) is 1.73. The van der Waals surface area contributed by atoms with E-state index in [1.165, 1.54) is 31.2 Å². The highest BCUT2D eigenvalue weighted by Crippen LogP contribution is 2.33. The van der Waals surface area contributed by atoms with E-state index in [9.17, 15) is 0 Å². The Labute approximate surface area is 137 Å². The monoisotopic (exact) mass is 354 g/mol. The Kier molecular flexibility index (Phi) is 6.52. The molecule has 0 aliphatic carbocycles. The zero-order valence-corrected chi connectivity index (χ0v) is 14.7. The molecule has 1 aliphatic rings. The SMILES string of the molecule is CCC1CCCN(C(CN)c2cc(Br)ccc2OC)CC1. The van der Waals surface area contributed by atoms with Crippen LogP contribution in [0.5, 0.6) is 5.75 Å². The lowest BCUT2D eigenvalue weighted by atomic mass is 9.98. The van der Waals surface area contributed by atoms with Crippen LogP contribution in [0.15, 0.2) is 22.7 Å². The van der Waals surface area contributed by atoms with E-state index >= 15 is 0 Å². The number of ether oxygens (including phenoxy) is 1. The van der Waals surface area contributed by atoms with Crippen molar-refractivity contribution in [3.63, 3.8) is 0 Å². The van der Waals surface area contributed by atoms with Crippen molar-refractivity contribution in [1.82, 2.24) is 4.90 Å². The van der Waals surface area contributed by atoms with Crippen LogP contribution in [-0.4, -0.2) is 31.6 Å². The molecular weight excluding hydrogens is 328 g/mol. The summed E-state index contributed by atoms with van der Waals surface area (Å²) in [6.07, 6.45) is 5.19. The molecule has 0 bridgehead atoms. The van der Waals surface area contributed by atoms with Crippen molar-refractivity contribution < 1.29 is 4.74 Å². The van der Waals surface area contributed by atoms with Gasteiger partial charge in [-0.3, -0.25) is 4.90 Å². The molecular formula is C17H27BrN2O. The Morgan fingerprint density at radius 2 is 2.19 bits per heavy atom. The number of likely N-dealkylation sites (tertiary alicyclic amines) is 1. The van der Waals surface area contributed by atoms with Gasteiger partial charge in [0.1, 0.15) is 5.75 Å². The Morgan fingerprint density at radius 3 is 2.86 bits per heavy atom. The van der Waals surface area contributed by atoms with Crippen molar-refractivity contribution >= 4 is 15.9 Å². The number of methoxy groups -OCH3 is 1. The minimum Gasteiger partial charge on any atom is -0.496 e. The quantitative estimate of drug-likeness (QED) is 0.869. The summed E-state index contributed by atoms with van der Waals surface area (Å²) >= 11 is 3.57. The maximum Gasteiger partial charge on any atom is 0.123 e. The van der Waals surface area contributed by atoms with E-state index in [0.29, 0.717) is 6.54 Å². The molecule has 118 valence electrons. The third kappa shape index (κ3) is 4.21. The molecule has 1 aromatic carbocycles. The Morgan fingerprint density at radius 1 is 1.38 bits per heavy atom. The number of benzene rings is 1. The molecule has 0 amide bonds. The molecule has 2 rings (SSSR count). The van der Waals surface area contributed by atoms with Crippen LogP contribution in [0, 0.1) is 5.92 Å². The maximum absolute atomic E-state index is 6.11. The van der Waals surface area contributed by atoms with Gasteiger partial charge in [-0.15, -0.1) is 0 Å². The lowest BCUT2D eigenvalue weighted by Gasteiger charge is -2.31. The zero-order chi connectivity index (χ0) is 15.2. The standard InChI is InChI=1S/C17H27BrN2O/c1-3-13-5-4-9-20(10-8-13)16(12-19)15-11-14(18)6-7-17(15)21-2/h6-7,11,13,16H,3-5,8-10,12,19H2,1-2H3. The van der Waals surface area contributed by atoms with Crippen molar-refractivity contribution in [2.75, 3.05) is 26.7 Å². The lowest BCUT2D eigenvalue weighted by molar-refractivity contribution is 0.203. The summed E-state index contributed by atoms with van der Waals surface area (Å²) in [5.74, 6) is 1.81. The first-order valence-corrected chi connectivity index (χ1v) is 8.76. The van der Waals surface area contributed by atoms with Crippen molar-refractivity contribution in [2.45, 2.75) is 38.6 Å². The van der Waals surface area contributed by atoms with Gasteiger partial charge in [0.25, 0.3) is 0 Å². The van der Waals surface area contributed by atoms with Gasteiger partial charge in [0, 0.05) is 16.6 Å². The molecule has 1 saturated heterocycles. The average molecular weight is 355 g/mol. The van der Waals surface area contributed by atoms with Crippen LogP contribution in [0.1, 0.15) is 44.2 Å². The van der Waals surface area contributed by atoms with Gasteiger partial charge in [0.15, 0.2) is 0 Å². The molecule has 1 heterocycles. The van der Waals surface area contributed by atoms with Crippen LogP contribution in [0.25, 0.3) is 0 Å². The number of nitrogens with zero attached hydrogens (tertiary/aromatic N) is 1. The van der Waals surface area contributed by atoms with Gasteiger partial charge in [0.05, 0.1) is 13.2 Å². The molecule has 0 radical (unpaired) electrons. The van der Waals surface area contributed by atoms with Crippen LogP contribution in [-0.2, 0) is 0 Å². The first-order valence-electron chi connectivity index (χ1n) is 7.97. The van der Waals surface area contributed by atoms with Crippen LogP contribution >= 0.6 is 15.9 Å². The van der Waals surface area contributed by atoms with E-state index in [-0.39, 0.29) is 6.04 Å². The van der Waals surface area contributed by atoms with E-state index in [0.717, 1.165) is 29.2 Å². The fraction of sp³-hybridized carbons (Fsp3) is 0.647. The fourth-order valence-electron chi connectivity index (χ4n) is 3.35. The molecule has 2 N–H and O–H groups in total. The highest BCUT2D eigenvalue weighted by Gasteiger charge is 2.25. The summed E-state index contributed by atoms with van der Waals surface area (Å²) in [5, 5.41) is 0. The summed E-state index contributed by atoms with van der Waals surface area (Å²) in [5.41, 5.74) is 7.31. The third-order valence-corrected chi connectivity index (χ3v) is 5.17. The Hall–Kier alpha value is -0.580. The van der Waals surface area contributed by atoms with Crippen molar-refractivity contribution in [3.8, 4) is 5.75 Å². The largest absolute Gasteiger partial charge is 0.496 e. The van der Waals surface area contributed by atoms with Crippen molar-refractivity contribution in [3.05, 3.63) is 28.2 Å². The zero-order valence-electron chi connectivity index (χ0n) is 13.1. The smallest absolute Gasteiger partial charge is 0.123 e. The second-order valence-electron chi connectivity index (χ2n) is 5.88. The van der Waals surface area contributed by atoms with Crippen LogP contribution < -0.4 is 10.5 Å². The summed E-state index contributed by atoms with van der Waals surface area (Å²) in [6.45, 7) is 5.20. The minimum atomic E-state index is 0.244. The highest BCUT2D eigenvalue weighted by atomic mass is 79.9. The minimum absolute atomic E-state index is 0.244. The Bertz CT molecular complexity index is 452.